The second-order valence-corrected chi connectivity index (χ2v) is 5.28. The number of hydrogen-bond acceptors (Lipinski definition) is 4. The van der Waals surface area contributed by atoms with Crippen molar-refractivity contribution in [2.24, 2.45) is 0 Å². The van der Waals surface area contributed by atoms with Crippen molar-refractivity contribution in [1.29, 1.82) is 0 Å². The van der Waals surface area contributed by atoms with E-state index in [1.165, 1.54) is 10.7 Å². The molecule has 0 aliphatic rings. The fourth-order valence-electron chi connectivity index (χ4n) is 1.46. The summed E-state index contributed by atoms with van der Waals surface area (Å²) in [6.07, 6.45) is 0.997. The number of methoxy groups -OCH3 is 1. The van der Waals surface area contributed by atoms with Crippen LogP contribution < -0.4 is 5.32 Å². The van der Waals surface area contributed by atoms with Crippen LogP contribution in [0, 0.1) is 0 Å². The van der Waals surface area contributed by atoms with E-state index >= 15 is 0 Å². The Balaban J connectivity index is 2.26. The maximum absolute atomic E-state index is 5.07. The van der Waals surface area contributed by atoms with E-state index in [9.17, 15) is 0 Å². The molecular formula is C12H22N2OS. The van der Waals surface area contributed by atoms with Crippen molar-refractivity contribution < 1.29 is 4.74 Å². The van der Waals surface area contributed by atoms with Crippen molar-refractivity contribution in [3.05, 3.63) is 16.1 Å². The van der Waals surface area contributed by atoms with E-state index in [0.29, 0.717) is 12.0 Å². The summed E-state index contributed by atoms with van der Waals surface area (Å²) >= 11 is 1.76. The molecule has 0 aliphatic carbocycles. The molecule has 1 N–H and O–H groups in total. The Labute approximate surface area is 102 Å². The van der Waals surface area contributed by atoms with Crippen LogP contribution in [0.15, 0.2) is 5.38 Å². The molecule has 1 atom stereocenters. The number of ether oxygens (including phenoxy) is 1. The van der Waals surface area contributed by atoms with Crippen LogP contribution in [0.4, 0.5) is 0 Å². The van der Waals surface area contributed by atoms with Gasteiger partial charge in [-0.3, -0.25) is 0 Å². The maximum atomic E-state index is 5.07. The SMILES string of the molecule is COCC(C)NCCc1csc(C(C)C)n1. The Morgan fingerprint density at radius 1 is 1.44 bits per heavy atom. The minimum Gasteiger partial charge on any atom is -0.383 e. The number of nitrogens with one attached hydrogen (secondary N) is 1. The molecule has 0 saturated carbocycles. The summed E-state index contributed by atoms with van der Waals surface area (Å²) in [6, 6.07) is 0.410. The smallest absolute Gasteiger partial charge is 0.0953 e. The first kappa shape index (κ1) is 13.6. The van der Waals surface area contributed by atoms with E-state index in [1.54, 1.807) is 18.4 Å². The van der Waals surface area contributed by atoms with Gasteiger partial charge in [0, 0.05) is 37.4 Å². The van der Waals surface area contributed by atoms with Gasteiger partial charge in [-0.2, -0.15) is 0 Å². The molecule has 3 nitrogen and oxygen atoms in total. The van der Waals surface area contributed by atoms with E-state index < -0.39 is 0 Å². The Morgan fingerprint density at radius 2 is 2.19 bits per heavy atom. The second kappa shape index (κ2) is 6.99. The Kier molecular flexibility index (Phi) is 5.95. The normalized spacial score (nSPS) is 13.3. The predicted octanol–water partition coefficient (Wildman–Crippen LogP) is 2.43. The average Bonchev–Trinajstić information content (AvgIpc) is 2.67. The zero-order valence-corrected chi connectivity index (χ0v) is 11.4. The van der Waals surface area contributed by atoms with Crippen molar-refractivity contribution in [2.75, 3.05) is 20.3 Å². The van der Waals surface area contributed by atoms with Gasteiger partial charge in [0.1, 0.15) is 0 Å². The van der Waals surface area contributed by atoms with Gasteiger partial charge in [0.05, 0.1) is 17.3 Å². The summed E-state index contributed by atoms with van der Waals surface area (Å²) in [5.74, 6) is 0.541. The van der Waals surface area contributed by atoms with E-state index in [1.807, 2.05) is 0 Å². The highest BCUT2D eigenvalue weighted by Gasteiger charge is 2.06. The van der Waals surface area contributed by atoms with Gasteiger partial charge in [-0.15, -0.1) is 11.3 Å². The first-order valence-corrected chi connectivity index (χ1v) is 6.68. The number of aromatic nitrogens is 1. The lowest BCUT2D eigenvalue weighted by Crippen LogP contribution is -2.31. The third-order valence-corrected chi connectivity index (χ3v) is 3.55. The molecule has 0 amide bonds. The van der Waals surface area contributed by atoms with Gasteiger partial charge >= 0.3 is 0 Å². The van der Waals surface area contributed by atoms with Crippen molar-refractivity contribution >= 4 is 11.3 Å². The lowest BCUT2D eigenvalue weighted by atomic mass is 10.2. The predicted molar refractivity (Wildman–Crippen MR) is 69.2 cm³/mol. The molecule has 0 fully saturated rings. The lowest BCUT2D eigenvalue weighted by Gasteiger charge is -2.11. The largest absolute Gasteiger partial charge is 0.383 e. The minimum absolute atomic E-state index is 0.410. The number of thiazole rings is 1. The monoisotopic (exact) mass is 242 g/mol. The van der Waals surface area contributed by atoms with Crippen molar-refractivity contribution in [2.45, 2.75) is 39.2 Å². The lowest BCUT2D eigenvalue weighted by molar-refractivity contribution is 0.172. The molecule has 1 rings (SSSR count). The highest BCUT2D eigenvalue weighted by atomic mass is 32.1. The summed E-state index contributed by atoms with van der Waals surface area (Å²) in [5.41, 5.74) is 1.20. The quantitative estimate of drug-likeness (QED) is 0.797. The van der Waals surface area contributed by atoms with Crippen molar-refractivity contribution in [1.82, 2.24) is 10.3 Å². The molecule has 0 aromatic carbocycles. The van der Waals surface area contributed by atoms with Crippen LogP contribution in [0.1, 0.15) is 37.4 Å². The number of hydrogen-bond donors (Lipinski definition) is 1. The highest BCUT2D eigenvalue weighted by molar-refractivity contribution is 7.09. The molecule has 1 heterocycles. The third-order valence-electron chi connectivity index (χ3n) is 2.35. The molecule has 0 saturated heterocycles. The van der Waals surface area contributed by atoms with Gasteiger partial charge in [0.2, 0.25) is 0 Å². The van der Waals surface area contributed by atoms with Gasteiger partial charge in [0.25, 0.3) is 0 Å². The molecule has 0 bridgehead atoms. The molecule has 1 unspecified atom stereocenters. The van der Waals surface area contributed by atoms with Crippen LogP contribution in [0.5, 0.6) is 0 Å². The molecule has 0 radical (unpaired) electrons. The maximum Gasteiger partial charge on any atom is 0.0953 e. The summed E-state index contributed by atoms with van der Waals surface area (Å²) in [4.78, 5) is 4.60. The first-order chi connectivity index (χ1) is 7.63. The molecule has 1 aromatic heterocycles. The molecule has 16 heavy (non-hydrogen) atoms. The minimum atomic E-state index is 0.410. The Bertz CT molecular complexity index is 299. The standard InChI is InChI=1S/C12H22N2OS/c1-9(2)12-14-11(8-16-12)5-6-13-10(3)7-15-4/h8-10,13H,5-7H2,1-4H3. The van der Waals surface area contributed by atoms with Crippen LogP contribution in [0.25, 0.3) is 0 Å². The summed E-state index contributed by atoms with van der Waals surface area (Å²) in [7, 11) is 1.73. The van der Waals surface area contributed by atoms with Crippen LogP contribution in [-0.4, -0.2) is 31.3 Å². The highest BCUT2D eigenvalue weighted by Crippen LogP contribution is 2.19. The first-order valence-electron chi connectivity index (χ1n) is 5.80. The fourth-order valence-corrected chi connectivity index (χ4v) is 2.33. The molecule has 4 heteroatoms. The van der Waals surface area contributed by atoms with Gasteiger partial charge in [0.15, 0.2) is 0 Å². The van der Waals surface area contributed by atoms with Crippen LogP contribution in [-0.2, 0) is 11.2 Å². The van der Waals surface area contributed by atoms with Crippen molar-refractivity contribution in [3.8, 4) is 0 Å². The zero-order chi connectivity index (χ0) is 12.0. The topological polar surface area (TPSA) is 34.1 Å². The Morgan fingerprint density at radius 3 is 2.75 bits per heavy atom. The van der Waals surface area contributed by atoms with Crippen LogP contribution >= 0.6 is 11.3 Å². The van der Waals surface area contributed by atoms with E-state index in [-0.39, 0.29) is 0 Å². The average molecular weight is 242 g/mol. The Hall–Kier alpha value is -0.450. The number of rotatable bonds is 7. The molecule has 0 spiro atoms. The van der Waals surface area contributed by atoms with Crippen LogP contribution in [0.3, 0.4) is 0 Å². The van der Waals surface area contributed by atoms with Gasteiger partial charge < -0.3 is 10.1 Å². The molecular weight excluding hydrogens is 220 g/mol. The second-order valence-electron chi connectivity index (χ2n) is 4.39. The van der Waals surface area contributed by atoms with E-state index in [0.717, 1.165) is 19.6 Å². The third kappa shape index (κ3) is 4.60. The van der Waals surface area contributed by atoms with E-state index in [2.05, 4.69) is 36.5 Å². The molecule has 0 aliphatic heterocycles. The van der Waals surface area contributed by atoms with Gasteiger partial charge in [-0.1, -0.05) is 13.8 Å². The number of nitrogens with zero attached hydrogens (tertiary/aromatic N) is 1. The summed E-state index contributed by atoms with van der Waals surface area (Å²) in [6.45, 7) is 8.22. The van der Waals surface area contributed by atoms with Crippen LogP contribution in [0.2, 0.25) is 0 Å². The fraction of sp³-hybridized carbons (Fsp3) is 0.750. The van der Waals surface area contributed by atoms with E-state index in [4.69, 9.17) is 4.74 Å². The summed E-state index contributed by atoms with van der Waals surface area (Å²) in [5, 5.41) is 6.81. The summed E-state index contributed by atoms with van der Waals surface area (Å²) < 4.78 is 5.07. The molecule has 92 valence electrons. The van der Waals surface area contributed by atoms with Gasteiger partial charge in [-0.25, -0.2) is 4.98 Å². The zero-order valence-electron chi connectivity index (χ0n) is 10.6. The van der Waals surface area contributed by atoms with Crippen molar-refractivity contribution in [3.63, 3.8) is 0 Å². The molecule has 1 aromatic rings. The van der Waals surface area contributed by atoms with Gasteiger partial charge in [-0.05, 0) is 6.92 Å².